The highest BCUT2D eigenvalue weighted by Gasteiger charge is 2.21. The van der Waals surface area contributed by atoms with E-state index >= 15 is 0 Å². The molecule has 1 fully saturated rings. The molecule has 1 amide bonds. The number of hydrogen-bond acceptors (Lipinski definition) is 4. The van der Waals surface area contributed by atoms with Gasteiger partial charge in [0.25, 0.3) is 0 Å². The second kappa shape index (κ2) is 7.60. The highest BCUT2D eigenvalue weighted by molar-refractivity contribution is 5.77. The largest absolute Gasteiger partial charge is 0.375 e. The molecule has 1 aliphatic heterocycles. The van der Waals surface area contributed by atoms with Crippen LogP contribution in [-0.4, -0.2) is 56.7 Å². The molecule has 94 valence electrons. The van der Waals surface area contributed by atoms with Crippen molar-refractivity contribution in [3.8, 4) is 0 Å². The van der Waals surface area contributed by atoms with Gasteiger partial charge in [0.2, 0.25) is 5.91 Å². The fourth-order valence-corrected chi connectivity index (χ4v) is 1.96. The Labute approximate surface area is 97.3 Å². The van der Waals surface area contributed by atoms with Crippen molar-refractivity contribution in [2.24, 2.45) is 5.73 Å². The van der Waals surface area contributed by atoms with Crippen LogP contribution >= 0.6 is 0 Å². The summed E-state index contributed by atoms with van der Waals surface area (Å²) < 4.78 is 4.84. The van der Waals surface area contributed by atoms with Gasteiger partial charge in [0.1, 0.15) is 6.61 Å². The number of methoxy groups -OCH3 is 1. The van der Waals surface area contributed by atoms with Crippen LogP contribution in [0.5, 0.6) is 0 Å². The third kappa shape index (κ3) is 4.47. The van der Waals surface area contributed by atoms with Crippen molar-refractivity contribution in [1.29, 1.82) is 0 Å². The zero-order chi connectivity index (χ0) is 11.8. The van der Waals surface area contributed by atoms with Crippen molar-refractivity contribution in [2.45, 2.75) is 25.3 Å². The first-order chi connectivity index (χ1) is 7.77. The number of likely N-dealkylation sites (tertiary alicyclic amines) is 1. The Hall–Kier alpha value is -0.650. The first kappa shape index (κ1) is 13.4. The number of piperidine rings is 1. The number of nitrogens with one attached hydrogen (secondary N) is 1. The molecule has 0 unspecified atom stereocenters. The van der Waals surface area contributed by atoms with E-state index in [0.717, 1.165) is 45.4 Å². The average Bonchev–Trinajstić information content (AvgIpc) is 2.30. The van der Waals surface area contributed by atoms with Crippen LogP contribution < -0.4 is 11.1 Å². The summed E-state index contributed by atoms with van der Waals surface area (Å²) in [6.45, 7) is 3.58. The normalized spacial score (nSPS) is 17.8. The van der Waals surface area contributed by atoms with Gasteiger partial charge in [-0.25, -0.2) is 0 Å². The quantitative estimate of drug-likeness (QED) is 0.606. The van der Waals surface area contributed by atoms with Gasteiger partial charge in [0, 0.05) is 26.2 Å². The van der Waals surface area contributed by atoms with E-state index in [1.807, 2.05) is 4.90 Å². The van der Waals surface area contributed by atoms with Gasteiger partial charge in [0.05, 0.1) is 0 Å². The molecular weight excluding hydrogens is 206 g/mol. The molecule has 0 aromatic rings. The molecular formula is C11H23N3O2. The van der Waals surface area contributed by atoms with E-state index in [0.29, 0.717) is 6.04 Å². The highest BCUT2D eigenvalue weighted by atomic mass is 16.5. The van der Waals surface area contributed by atoms with Gasteiger partial charge in [-0.15, -0.1) is 0 Å². The molecule has 5 nitrogen and oxygen atoms in total. The van der Waals surface area contributed by atoms with Gasteiger partial charge < -0.3 is 20.7 Å². The van der Waals surface area contributed by atoms with Crippen LogP contribution in [0.3, 0.4) is 0 Å². The summed E-state index contributed by atoms with van der Waals surface area (Å²) in [6, 6.07) is 0.540. The van der Waals surface area contributed by atoms with Gasteiger partial charge in [-0.2, -0.15) is 0 Å². The molecule has 0 aromatic carbocycles. The molecule has 1 heterocycles. The van der Waals surface area contributed by atoms with Crippen molar-refractivity contribution in [3.63, 3.8) is 0 Å². The van der Waals surface area contributed by atoms with E-state index < -0.39 is 0 Å². The smallest absolute Gasteiger partial charge is 0.248 e. The molecule has 3 N–H and O–H groups in total. The van der Waals surface area contributed by atoms with Gasteiger partial charge in [-0.3, -0.25) is 4.79 Å². The number of rotatable bonds is 6. The zero-order valence-electron chi connectivity index (χ0n) is 10.1. The van der Waals surface area contributed by atoms with E-state index in [1.54, 1.807) is 7.11 Å². The van der Waals surface area contributed by atoms with E-state index in [4.69, 9.17) is 10.5 Å². The Balaban J connectivity index is 2.15. The van der Waals surface area contributed by atoms with Crippen LogP contribution in [0.4, 0.5) is 0 Å². The Morgan fingerprint density at radius 3 is 2.75 bits per heavy atom. The van der Waals surface area contributed by atoms with Crippen LogP contribution in [0.2, 0.25) is 0 Å². The molecule has 0 aliphatic carbocycles. The molecule has 0 atom stereocenters. The lowest BCUT2D eigenvalue weighted by atomic mass is 10.0. The Kier molecular flexibility index (Phi) is 6.37. The molecule has 5 heteroatoms. The standard InChI is InChI=1S/C11H23N3O2/c1-16-9-11(15)14-7-3-10(4-8-14)13-6-2-5-12/h10,13H,2-9,12H2,1H3. The first-order valence-corrected chi connectivity index (χ1v) is 5.98. The zero-order valence-corrected chi connectivity index (χ0v) is 10.1. The fraction of sp³-hybridized carbons (Fsp3) is 0.909. The predicted octanol–water partition coefficient (Wildman–Crippen LogP) is -0.438. The van der Waals surface area contributed by atoms with E-state index in [9.17, 15) is 4.79 Å². The van der Waals surface area contributed by atoms with Crippen molar-refractivity contribution in [2.75, 3.05) is 39.9 Å². The molecule has 0 bridgehead atoms. The number of hydrogen-bond donors (Lipinski definition) is 2. The highest BCUT2D eigenvalue weighted by Crippen LogP contribution is 2.10. The van der Waals surface area contributed by atoms with Crippen LogP contribution in [-0.2, 0) is 9.53 Å². The molecule has 0 radical (unpaired) electrons. The van der Waals surface area contributed by atoms with Crippen molar-refractivity contribution < 1.29 is 9.53 Å². The maximum atomic E-state index is 11.5. The monoisotopic (exact) mass is 229 g/mol. The fourth-order valence-electron chi connectivity index (χ4n) is 1.96. The summed E-state index contributed by atoms with van der Waals surface area (Å²) in [5, 5.41) is 3.46. The van der Waals surface area contributed by atoms with E-state index in [2.05, 4.69) is 5.32 Å². The Morgan fingerprint density at radius 1 is 1.50 bits per heavy atom. The van der Waals surface area contributed by atoms with E-state index in [-0.39, 0.29) is 12.5 Å². The summed E-state index contributed by atoms with van der Waals surface area (Å²) in [6.07, 6.45) is 3.07. The second-order valence-corrected chi connectivity index (χ2v) is 4.18. The van der Waals surface area contributed by atoms with Crippen LogP contribution in [0, 0.1) is 0 Å². The Morgan fingerprint density at radius 2 is 2.19 bits per heavy atom. The van der Waals surface area contributed by atoms with Gasteiger partial charge in [0.15, 0.2) is 0 Å². The lowest BCUT2D eigenvalue weighted by Crippen LogP contribution is -2.46. The van der Waals surface area contributed by atoms with E-state index in [1.165, 1.54) is 0 Å². The molecule has 1 rings (SSSR count). The molecule has 1 aliphatic rings. The minimum absolute atomic E-state index is 0.0999. The first-order valence-electron chi connectivity index (χ1n) is 5.98. The van der Waals surface area contributed by atoms with Crippen LogP contribution in [0.1, 0.15) is 19.3 Å². The topological polar surface area (TPSA) is 67.6 Å². The summed E-state index contributed by atoms with van der Waals surface area (Å²) in [7, 11) is 1.55. The maximum Gasteiger partial charge on any atom is 0.248 e. The minimum atomic E-state index is 0.0999. The van der Waals surface area contributed by atoms with Crippen LogP contribution in [0.15, 0.2) is 0 Å². The number of nitrogens with zero attached hydrogens (tertiary/aromatic N) is 1. The van der Waals surface area contributed by atoms with Crippen molar-refractivity contribution in [1.82, 2.24) is 10.2 Å². The molecule has 16 heavy (non-hydrogen) atoms. The SMILES string of the molecule is COCC(=O)N1CCC(NCCCN)CC1. The second-order valence-electron chi connectivity index (χ2n) is 4.18. The summed E-state index contributed by atoms with van der Waals surface area (Å²) >= 11 is 0. The third-order valence-corrected chi connectivity index (χ3v) is 2.93. The predicted molar refractivity (Wildman–Crippen MR) is 63.2 cm³/mol. The number of ether oxygens (including phenoxy) is 1. The van der Waals surface area contributed by atoms with Crippen molar-refractivity contribution in [3.05, 3.63) is 0 Å². The number of nitrogens with two attached hydrogens (primary N) is 1. The number of carbonyl (C=O) groups is 1. The maximum absolute atomic E-state index is 11.5. The Bertz CT molecular complexity index is 203. The minimum Gasteiger partial charge on any atom is -0.375 e. The molecule has 0 spiro atoms. The lowest BCUT2D eigenvalue weighted by Gasteiger charge is -2.32. The number of carbonyl (C=O) groups excluding carboxylic acids is 1. The summed E-state index contributed by atoms with van der Waals surface area (Å²) in [5.74, 6) is 0.0999. The van der Waals surface area contributed by atoms with Gasteiger partial charge in [-0.05, 0) is 32.4 Å². The van der Waals surface area contributed by atoms with Crippen molar-refractivity contribution >= 4 is 5.91 Å². The number of amides is 1. The van der Waals surface area contributed by atoms with Crippen LogP contribution in [0.25, 0.3) is 0 Å². The summed E-state index contributed by atoms with van der Waals surface area (Å²) in [5.41, 5.74) is 5.43. The lowest BCUT2D eigenvalue weighted by molar-refractivity contribution is -0.136. The third-order valence-electron chi connectivity index (χ3n) is 2.93. The molecule has 0 saturated carbocycles. The molecule has 0 aromatic heterocycles. The molecule has 1 saturated heterocycles. The average molecular weight is 229 g/mol. The van der Waals surface area contributed by atoms with Gasteiger partial charge in [-0.1, -0.05) is 0 Å². The summed E-state index contributed by atoms with van der Waals surface area (Å²) in [4.78, 5) is 13.4. The van der Waals surface area contributed by atoms with Gasteiger partial charge >= 0.3 is 0 Å².